The van der Waals surface area contributed by atoms with Crippen LogP contribution in [0.25, 0.3) is 16.7 Å². The van der Waals surface area contributed by atoms with Crippen molar-refractivity contribution in [3.63, 3.8) is 0 Å². The molecule has 0 bridgehead atoms. The van der Waals surface area contributed by atoms with E-state index in [0.29, 0.717) is 12.1 Å². The molecule has 0 atom stereocenters. The van der Waals surface area contributed by atoms with Crippen molar-refractivity contribution >= 4 is 16.9 Å². The van der Waals surface area contributed by atoms with Crippen molar-refractivity contribution < 1.29 is 4.79 Å². The van der Waals surface area contributed by atoms with Gasteiger partial charge < -0.3 is 5.32 Å². The minimum Gasteiger partial charge on any atom is -0.348 e. The Hall–Kier alpha value is -3.40. The summed E-state index contributed by atoms with van der Waals surface area (Å²) in [5.74, 6) is 0.813. The average molecular weight is 383 g/mol. The molecule has 1 amide bonds. The number of hydrogen-bond acceptors (Lipinski definition) is 2. The van der Waals surface area contributed by atoms with Crippen molar-refractivity contribution in [1.29, 1.82) is 0 Å². The zero-order valence-electron chi connectivity index (χ0n) is 17.1. The molecule has 0 unspecified atom stereocenters. The van der Waals surface area contributed by atoms with Gasteiger partial charge in [0.15, 0.2) is 0 Å². The van der Waals surface area contributed by atoms with Crippen molar-refractivity contribution in [1.82, 2.24) is 14.9 Å². The number of rotatable bonds is 5. The highest BCUT2D eigenvalue weighted by atomic mass is 16.1. The number of aromatic nitrogens is 2. The minimum absolute atomic E-state index is 0.0908. The number of nitrogens with one attached hydrogen (secondary N) is 1. The predicted molar refractivity (Wildman–Crippen MR) is 118 cm³/mol. The molecule has 4 heteroatoms. The van der Waals surface area contributed by atoms with Gasteiger partial charge in [-0.3, -0.25) is 9.36 Å². The maximum atomic E-state index is 12.6. The largest absolute Gasteiger partial charge is 0.348 e. The van der Waals surface area contributed by atoms with E-state index in [1.165, 1.54) is 11.1 Å². The van der Waals surface area contributed by atoms with Crippen molar-refractivity contribution in [2.24, 2.45) is 0 Å². The van der Waals surface area contributed by atoms with Gasteiger partial charge >= 0.3 is 0 Å². The average Bonchev–Trinajstić information content (AvgIpc) is 3.08. The van der Waals surface area contributed by atoms with E-state index in [1.54, 1.807) is 0 Å². The Bertz CT molecular complexity index is 1160. The number of amides is 1. The standard InChI is InChI=1S/C25H25N3O/c1-4-19-9-12-22(13-10-19)28-18(3)27-23-15-21(11-14-24(23)28)25(29)26-16-20-7-5-17(2)6-8-20/h5-15H,4,16H2,1-3H3,(H,26,29). The molecule has 146 valence electrons. The van der Waals surface area contributed by atoms with E-state index >= 15 is 0 Å². The van der Waals surface area contributed by atoms with Gasteiger partial charge in [-0.25, -0.2) is 4.98 Å². The number of fused-ring (bicyclic) bond motifs is 1. The third-order valence-corrected chi connectivity index (χ3v) is 5.26. The lowest BCUT2D eigenvalue weighted by Crippen LogP contribution is -2.22. The SMILES string of the molecule is CCc1ccc(-n2c(C)nc3cc(C(=O)NCc4ccc(C)cc4)ccc32)cc1. The molecule has 0 saturated heterocycles. The van der Waals surface area contributed by atoms with Gasteiger partial charge in [-0.15, -0.1) is 0 Å². The van der Waals surface area contributed by atoms with E-state index in [-0.39, 0.29) is 5.91 Å². The Labute approximate surface area is 171 Å². The Morgan fingerprint density at radius 1 is 0.931 bits per heavy atom. The smallest absolute Gasteiger partial charge is 0.251 e. The van der Waals surface area contributed by atoms with Gasteiger partial charge in [0.2, 0.25) is 0 Å². The topological polar surface area (TPSA) is 46.9 Å². The molecule has 1 N–H and O–H groups in total. The van der Waals surface area contributed by atoms with Gasteiger partial charge in [-0.1, -0.05) is 48.9 Å². The van der Waals surface area contributed by atoms with Crippen LogP contribution in [0.1, 0.15) is 39.8 Å². The third-order valence-electron chi connectivity index (χ3n) is 5.26. The Balaban J connectivity index is 1.57. The first-order valence-corrected chi connectivity index (χ1v) is 9.97. The lowest BCUT2D eigenvalue weighted by Gasteiger charge is -2.09. The van der Waals surface area contributed by atoms with Gasteiger partial charge in [-0.2, -0.15) is 0 Å². The molecule has 0 fully saturated rings. The number of carbonyl (C=O) groups is 1. The van der Waals surface area contributed by atoms with Crippen molar-refractivity contribution in [2.45, 2.75) is 33.7 Å². The van der Waals surface area contributed by atoms with E-state index in [9.17, 15) is 4.79 Å². The highest BCUT2D eigenvalue weighted by molar-refractivity contribution is 5.97. The predicted octanol–water partition coefficient (Wildman–Crippen LogP) is 5.13. The number of benzene rings is 3. The van der Waals surface area contributed by atoms with Crippen LogP contribution in [0, 0.1) is 13.8 Å². The molecular weight excluding hydrogens is 358 g/mol. The molecule has 0 saturated carbocycles. The molecule has 4 aromatic rings. The van der Waals surface area contributed by atoms with Crippen LogP contribution < -0.4 is 5.32 Å². The van der Waals surface area contributed by atoms with Crippen LogP contribution in [0.15, 0.2) is 66.7 Å². The number of carbonyl (C=O) groups excluding carboxylic acids is 1. The number of aryl methyl sites for hydroxylation is 3. The van der Waals surface area contributed by atoms with Crippen LogP contribution in [0.2, 0.25) is 0 Å². The highest BCUT2D eigenvalue weighted by Crippen LogP contribution is 2.23. The summed E-state index contributed by atoms with van der Waals surface area (Å²) >= 11 is 0. The first-order chi connectivity index (χ1) is 14.0. The molecule has 0 radical (unpaired) electrons. The summed E-state index contributed by atoms with van der Waals surface area (Å²) < 4.78 is 2.13. The normalized spacial score (nSPS) is 11.0. The zero-order valence-corrected chi connectivity index (χ0v) is 17.1. The van der Waals surface area contributed by atoms with Crippen molar-refractivity contribution in [2.75, 3.05) is 0 Å². The van der Waals surface area contributed by atoms with Gasteiger partial charge in [0.05, 0.1) is 11.0 Å². The zero-order chi connectivity index (χ0) is 20.4. The van der Waals surface area contributed by atoms with E-state index in [0.717, 1.165) is 34.5 Å². The molecule has 0 spiro atoms. The second-order valence-electron chi connectivity index (χ2n) is 7.39. The summed E-state index contributed by atoms with van der Waals surface area (Å²) in [6.45, 7) is 6.70. The molecule has 4 nitrogen and oxygen atoms in total. The monoisotopic (exact) mass is 383 g/mol. The number of hydrogen-bond donors (Lipinski definition) is 1. The molecule has 0 aliphatic rings. The fourth-order valence-corrected chi connectivity index (χ4v) is 3.54. The van der Waals surface area contributed by atoms with Crippen molar-refractivity contribution in [3.05, 3.63) is 94.8 Å². The first kappa shape index (κ1) is 18.9. The molecule has 0 aliphatic carbocycles. The molecule has 0 aliphatic heterocycles. The summed E-state index contributed by atoms with van der Waals surface area (Å²) in [7, 11) is 0. The Kier molecular flexibility index (Phi) is 5.17. The van der Waals surface area contributed by atoms with Crippen LogP contribution in [-0.4, -0.2) is 15.5 Å². The maximum Gasteiger partial charge on any atom is 0.251 e. The summed E-state index contributed by atoms with van der Waals surface area (Å²) in [6.07, 6.45) is 1.02. The number of nitrogens with zero attached hydrogens (tertiary/aromatic N) is 2. The lowest BCUT2D eigenvalue weighted by atomic mass is 10.1. The lowest BCUT2D eigenvalue weighted by molar-refractivity contribution is 0.0951. The van der Waals surface area contributed by atoms with Crippen molar-refractivity contribution in [3.8, 4) is 5.69 Å². The summed E-state index contributed by atoms with van der Waals surface area (Å²) in [5.41, 5.74) is 7.13. The minimum atomic E-state index is -0.0908. The molecule has 1 aromatic heterocycles. The van der Waals surface area contributed by atoms with Crippen LogP contribution >= 0.6 is 0 Å². The fourth-order valence-electron chi connectivity index (χ4n) is 3.54. The van der Waals surface area contributed by atoms with Crippen LogP contribution in [-0.2, 0) is 13.0 Å². The van der Waals surface area contributed by atoms with Crippen LogP contribution in [0.5, 0.6) is 0 Å². The molecule has 3 aromatic carbocycles. The molecular formula is C25H25N3O. The third kappa shape index (κ3) is 3.92. The van der Waals surface area contributed by atoms with Gasteiger partial charge in [0, 0.05) is 17.8 Å². The van der Waals surface area contributed by atoms with E-state index in [4.69, 9.17) is 0 Å². The van der Waals surface area contributed by atoms with Crippen LogP contribution in [0.3, 0.4) is 0 Å². The second-order valence-corrected chi connectivity index (χ2v) is 7.39. The van der Waals surface area contributed by atoms with E-state index < -0.39 is 0 Å². The van der Waals surface area contributed by atoms with Gasteiger partial charge in [0.25, 0.3) is 5.91 Å². The summed E-state index contributed by atoms with van der Waals surface area (Å²) in [4.78, 5) is 17.3. The molecule has 4 rings (SSSR count). The van der Waals surface area contributed by atoms with Crippen LogP contribution in [0.4, 0.5) is 0 Å². The first-order valence-electron chi connectivity index (χ1n) is 9.97. The quantitative estimate of drug-likeness (QED) is 0.519. The van der Waals surface area contributed by atoms with Gasteiger partial charge in [0.1, 0.15) is 5.82 Å². The highest BCUT2D eigenvalue weighted by Gasteiger charge is 2.13. The number of imidazole rings is 1. The second kappa shape index (κ2) is 7.92. The maximum absolute atomic E-state index is 12.6. The molecule has 1 heterocycles. The summed E-state index contributed by atoms with van der Waals surface area (Å²) in [6, 6.07) is 22.4. The van der Waals surface area contributed by atoms with Gasteiger partial charge in [-0.05, 0) is 61.7 Å². The fraction of sp³-hybridized carbons (Fsp3) is 0.200. The summed E-state index contributed by atoms with van der Waals surface area (Å²) in [5, 5.41) is 2.99. The van der Waals surface area contributed by atoms with E-state index in [1.807, 2.05) is 37.3 Å². The molecule has 29 heavy (non-hydrogen) atoms. The Morgan fingerprint density at radius 3 is 2.31 bits per heavy atom. The Morgan fingerprint density at radius 2 is 1.62 bits per heavy atom. The van der Waals surface area contributed by atoms with E-state index in [2.05, 4.69) is 65.1 Å².